The van der Waals surface area contributed by atoms with Crippen LogP contribution in [-0.4, -0.2) is 36.2 Å². The fourth-order valence-electron chi connectivity index (χ4n) is 2.79. The molecule has 0 aliphatic carbocycles. The lowest BCUT2D eigenvalue weighted by molar-refractivity contribution is 0.128. The number of hydrogen-bond donors (Lipinski definition) is 2. The summed E-state index contributed by atoms with van der Waals surface area (Å²) in [7, 11) is 0. The van der Waals surface area contributed by atoms with Gasteiger partial charge in [-0.25, -0.2) is 4.39 Å². The van der Waals surface area contributed by atoms with Gasteiger partial charge in [-0.15, -0.1) is 0 Å². The van der Waals surface area contributed by atoms with Crippen LogP contribution in [0, 0.1) is 11.7 Å². The van der Waals surface area contributed by atoms with E-state index < -0.39 is 5.82 Å². The van der Waals surface area contributed by atoms with Gasteiger partial charge in [-0.1, -0.05) is 26.3 Å². The fraction of sp³-hybridized carbons (Fsp3) is 0.600. The molecule has 1 saturated heterocycles. The number of phenols is 1. The van der Waals surface area contributed by atoms with Gasteiger partial charge in [-0.3, -0.25) is 4.90 Å². The second-order valence-corrected chi connectivity index (χ2v) is 5.33. The fourth-order valence-corrected chi connectivity index (χ4v) is 2.79. The third kappa shape index (κ3) is 3.25. The maximum atomic E-state index is 13.6. The molecule has 0 aromatic heterocycles. The first kappa shape index (κ1) is 14.3. The lowest BCUT2D eigenvalue weighted by atomic mass is 9.90. The van der Waals surface area contributed by atoms with Crippen LogP contribution in [0.1, 0.15) is 31.9 Å². The topological polar surface area (TPSA) is 35.5 Å². The minimum atomic E-state index is -0.527. The number of phenolic OH excluding ortho intramolecular Hbond substituents is 1. The molecular weight excluding hydrogens is 243 g/mol. The minimum Gasteiger partial charge on any atom is -0.505 e. The van der Waals surface area contributed by atoms with Gasteiger partial charge in [0.05, 0.1) is 0 Å². The second-order valence-electron chi connectivity index (χ2n) is 5.33. The summed E-state index contributed by atoms with van der Waals surface area (Å²) in [6, 6.07) is 5.01. The average molecular weight is 266 g/mol. The molecule has 0 radical (unpaired) electrons. The van der Waals surface area contributed by atoms with Crippen molar-refractivity contribution in [1.29, 1.82) is 0 Å². The van der Waals surface area contributed by atoms with Crippen LogP contribution >= 0.6 is 0 Å². The lowest BCUT2D eigenvalue weighted by Crippen LogP contribution is -2.46. The van der Waals surface area contributed by atoms with E-state index >= 15 is 0 Å². The molecule has 1 aromatic carbocycles. The molecule has 0 spiro atoms. The summed E-state index contributed by atoms with van der Waals surface area (Å²) in [5.74, 6) is -0.338. The van der Waals surface area contributed by atoms with Gasteiger partial charge in [0.2, 0.25) is 0 Å². The largest absolute Gasteiger partial charge is 0.505 e. The van der Waals surface area contributed by atoms with Crippen LogP contribution in [0.3, 0.4) is 0 Å². The third-order valence-electron chi connectivity index (χ3n) is 4.04. The SMILES string of the molecule is CCC(C)[C@H](c1ccc(O)c(F)c1)N1CCNCC1. The van der Waals surface area contributed by atoms with Gasteiger partial charge in [-0.2, -0.15) is 0 Å². The number of piperazine rings is 1. The van der Waals surface area contributed by atoms with E-state index in [9.17, 15) is 9.50 Å². The molecule has 1 aromatic rings. The van der Waals surface area contributed by atoms with Gasteiger partial charge >= 0.3 is 0 Å². The maximum absolute atomic E-state index is 13.6. The van der Waals surface area contributed by atoms with E-state index in [1.807, 2.05) is 6.07 Å². The highest BCUT2D eigenvalue weighted by atomic mass is 19.1. The van der Waals surface area contributed by atoms with Crippen LogP contribution in [0.15, 0.2) is 18.2 Å². The molecule has 2 N–H and O–H groups in total. The quantitative estimate of drug-likeness (QED) is 0.879. The van der Waals surface area contributed by atoms with Crippen LogP contribution in [-0.2, 0) is 0 Å². The van der Waals surface area contributed by atoms with Crippen LogP contribution in [0.2, 0.25) is 0 Å². The second kappa shape index (κ2) is 6.35. The van der Waals surface area contributed by atoms with Crippen LogP contribution in [0.25, 0.3) is 0 Å². The predicted octanol–water partition coefficient (Wildman–Crippen LogP) is 2.52. The molecule has 2 rings (SSSR count). The molecule has 106 valence electrons. The van der Waals surface area contributed by atoms with E-state index in [0.717, 1.165) is 38.2 Å². The Hall–Kier alpha value is -1.13. The summed E-state index contributed by atoms with van der Waals surface area (Å²) in [5.41, 5.74) is 0.964. The summed E-state index contributed by atoms with van der Waals surface area (Å²) in [6.07, 6.45) is 1.05. The monoisotopic (exact) mass is 266 g/mol. The van der Waals surface area contributed by atoms with Gasteiger partial charge in [0, 0.05) is 32.2 Å². The van der Waals surface area contributed by atoms with Crippen molar-refractivity contribution < 1.29 is 9.50 Å². The molecule has 1 aliphatic heterocycles. The number of hydrogen-bond acceptors (Lipinski definition) is 3. The number of benzene rings is 1. The third-order valence-corrected chi connectivity index (χ3v) is 4.04. The molecule has 1 fully saturated rings. The molecular formula is C15H23FN2O. The lowest BCUT2D eigenvalue weighted by Gasteiger charge is -2.38. The first-order valence-corrected chi connectivity index (χ1v) is 7.06. The van der Waals surface area contributed by atoms with Gasteiger partial charge < -0.3 is 10.4 Å². The summed E-state index contributed by atoms with van der Waals surface area (Å²) >= 11 is 0. The van der Waals surface area contributed by atoms with Gasteiger partial charge in [0.25, 0.3) is 0 Å². The molecule has 0 bridgehead atoms. The van der Waals surface area contributed by atoms with Gasteiger partial charge in [-0.05, 0) is 23.6 Å². The molecule has 0 amide bonds. The Morgan fingerprint density at radius 1 is 1.37 bits per heavy atom. The summed E-state index contributed by atoms with van der Waals surface area (Å²) in [4.78, 5) is 2.41. The van der Waals surface area contributed by atoms with Crippen molar-refractivity contribution in [2.45, 2.75) is 26.3 Å². The predicted molar refractivity (Wildman–Crippen MR) is 74.7 cm³/mol. The maximum Gasteiger partial charge on any atom is 0.165 e. The molecule has 0 saturated carbocycles. The van der Waals surface area contributed by atoms with E-state index in [2.05, 4.69) is 24.1 Å². The normalized spacial score (nSPS) is 20.2. The summed E-state index contributed by atoms with van der Waals surface area (Å²) in [6.45, 7) is 8.30. The molecule has 1 heterocycles. The molecule has 4 heteroatoms. The number of nitrogens with zero attached hydrogens (tertiary/aromatic N) is 1. The molecule has 19 heavy (non-hydrogen) atoms. The van der Waals surface area contributed by atoms with Crippen molar-refractivity contribution in [1.82, 2.24) is 10.2 Å². The van der Waals surface area contributed by atoms with Gasteiger partial charge in [0.15, 0.2) is 11.6 Å². The van der Waals surface area contributed by atoms with E-state index in [1.54, 1.807) is 0 Å². The van der Waals surface area contributed by atoms with Crippen LogP contribution < -0.4 is 5.32 Å². The van der Waals surface area contributed by atoms with Crippen molar-refractivity contribution in [3.05, 3.63) is 29.6 Å². The zero-order chi connectivity index (χ0) is 13.8. The zero-order valence-electron chi connectivity index (χ0n) is 11.7. The molecule has 1 unspecified atom stereocenters. The number of rotatable bonds is 4. The van der Waals surface area contributed by atoms with Crippen LogP contribution in [0.4, 0.5) is 4.39 Å². The van der Waals surface area contributed by atoms with Crippen molar-refractivity contribution in [2.24, 2.45) is 5.92 Å². The summed E-state index contributed by atoms with van der Waals surface area (Å²) in [5, 5.41) is 12.7. The minimum absolute atomic E-state index is 0.224. The van der Waals surface area contributed by atoms with Crippen molar-refractivity contribution in [3.63, 3.8) is 0 Å². The highest BCUT2D eigenvalue weighted by Crippen LogP contribution is 2.32. The van der Waals surface area contributed by atoms with Crippen molar-refractivity contribution in [3.8, 4) is 5.75 Å². The zero-order valence-corrected chi connectivity index (χ0v) is 11.7. The number of nitrogens with one attached hydrogen (secondary N) is 1. The number of halogens is 1. The molecule has 3 nitrogen and oxygen atoms in total. The number of aromatic hydroxyl groups is 1. The first-order chi connectivity index (χ1) is 9.13. The summed E-state index contributed by atoms with van der Waals surface area (Å²) < 4.78 is 13.6. The Morgan fingerprint density at radius 2 is 2.05 bits per heavy atom. The standard InChI is InChI=1S/C15H23FN2O/c1-3-11(2)15(18-8-6-17-7-9-18)12-4-5-14(19)13(16)10-12/h4-5,10-11,15,17,19H,3,6-9H2,1-2H3/t11?,15-/m1/s1. The first-order valence-electron chi connectivity index (χ1n) is 7.06. The van der Waals surface area contributed by atoms with E-state index in [4.69, 9.17) is 0 Å². The Morgan fingerprint density at radius 3 is 2.63 bits per heavy atom. The average Bonchev–Trinajstić information content (AvgIpc) is 2.44. The van der Waals surface area contributed by atoms with Crippen LogP contribution in [0.5, 0.6) is 5.75 Å². The molecule has 1 aliphatic rings. The van der Waals surface area contributed by atoms with Crippen molar-refractivity contribution >= 4 is 0 Å². The Labute approximate surface area is 114 Å². The Bertz CT molecular complexity index is 419. The van der Waals surface area contributed by atoms with E-state index in [-0.39, 0.29) is 11.8 Å². The highest BCUT2D eigenvalue weighted by molar-refractivity contribution is 5.30. The molecule has 2 atom stereocenters. The van der Waals surface area contributed by atoms with Crippen molar-refractivity contribution in [2.75, 3.05) is 26.2 Å². The highest BCUT2D eigenvalue weighted by Gasteiger charge is 2.26. The Kier molecular flexibility index (Phi) is 4.77. The smallest absolute Gasteiger partial charge is 0.165 e. The van der Waals surface area contributed by atoms with E-state index in [0.29, 0.717) is 5.92 Å². The van der Waals surface area contributed by atoms with E-state index in [1.165, 1.54) is 12.1 Å². The Balaban J connectivity index is 2.27. The van der Waals surface area contributed by atoms with Gasteiger partial charge in [0.1, 0.15) is 0 Å².